The van der Waals surface area contributed by atoms with Gasteiger partial charge in [-0.1, -0.05) is 35.9 Å². The number of aromatic nitrogens is 3. The molecule has 21 heavy (non-hydrogen) atoms. The molecule has 106 valence electrons. The van der Waals surface area contributed by atoms with Crippen LogP contribution in [0.2, 0.25) is 0 Å². The van der Waals surface area contributed by atoms with E-state index >= 15 is 0 Å². The second kappa shape index (κ2) is 5.79. The fourth-order valence-electron chi connectivity index (χ4n) is 2.11. The lowest BCUT2D eigenvalue weighted by Gasteiger charge is -2.04. The molecule has 3 rings (SSSR count). The van der Waals surface area contributed by atoms with Gasteiger partial charge < -0.3 is 5.32 Å². The van der Waals surface area contributed by atoms with Gasteiger partial charge in [0, 0.05) is 5.69 Å². The number of hydrogen-bond donors (Lipinski definition) is 1. The van der Waals surface area contributed by atoms with Crippen molar-refractivity contribution < 1.29 is 0 Å². The summed E-state index contributed by atoms with van der Waals surface area (Å²) < 4.78 is 0. The van der Waals surface area contributed by atoms with Gasteiger partial charge in [-0.05, 0) is 38.1 Å². The Bertz CT molecular complexity index is 714. The first-order valence-electron chi connectivity index (χ1n) is 7.01. The molecular weight excluding hydrogens is 260 g/mol. The van der Waals surface area contributed by atoms with E-state index in [0.29, 0.717) is 6.54 Å². The molecule has 0 aliphatic carbocycles. The Morgan fingerprint density at radius 2 is 1.62 bits per heavy atom. The summed E-state index contributed by atoms with van der Waals surface area (Å²) in [7, 11) is 0. The molecule has 0 amide bonds. The number of benzene rings is 2. The Morgan fingerprint density at radius 3 is 2.33 bits per heavy atom. The van der Waals surface area contributed by atoms with E-state index in [1.54, 1.807) is 4.80 Å². The Morgan fingerprint density at radius 1 is 0.905 bits per heavy atom. The molecule has 2 aromatic carbocycles. The van der Waals surface area contributed by atoms with Crippen molar-refractivity contribution in [1.29, 1.82) is 0 Å². The van der Waals surface area contributed by atoms with Crippen molar-refractivity contribution in [2.24, 2.45) is 0 Å². The third kappa shape index (κ3) is 3.11. The highest BCUT2D eigenvalue weighted by Crippen LogP contribution is 2.12. The monoisotopic (exact) mass is 278 g/mol. The van der Waals surface area contributed by atoms with E-state index in [9.17, 15) is 0 Å². The van der Waals surface area contributed by atoms with Crippen LogP contribution in [0.25, 0.3) is 5.69 Å². The Balaban J connectivity index is 1.74. The number of nitrogens with zero attached hydrogens (tertiary/aromatic N) is 3. The highest BCUT2D eigenvalue weighted by atomic mass is 15.5. The molecular formula is C17H18N4. The molecule has 0 saturated carbocycles. The number of para-hydroxylation sites is 1. The summed E-state index contributed by atoms with van der Waals surface area (Å²) in [5.41, 5.74) is 5.22. The van der Waals surface area contributed by atoms with Crippen molar-refractivity contribution in [3.8, 4) is 5.69 Å². The number of aryl methyl sites for hydroxylation is 2. The SMILES string of the molecule is Cc1ccc(NCc2nn(-c3ccccc3)nc2C)cc1. The topological polar surface area (TPSA) is 42.7 Å². The van der Waals surface area contributed by atoms with E-state index in [2.05, 4.69) is 46.7 Å². The maximum Gasteiger partial charge on any atom is 0.105 e. The highest BCUT2D eigenvalue weighted by Gasteiger charge is 2.07. The number of nitrogens with one attached hydrogen (secondary N) is 1. The lowest BCUT2D eigenvalue weighted by molar-refractivity contribution is 0.737. The zero-order chi connectivity index (χ0) is 14.7. The second-order valence-corrected chi connectivity index (χ2v) is 5.08. The maximum atomic E-state index is 4.56. The van der Waals surface area contributed by atoms with Gasteiger partial charge >= 0.3 is 0 Å². The molecule has 0 aliphatic heterocycles. The molecule has 0 atom stereocenters. The number of anilines is 1. The first-order valence-corrected chi connectivity index (χ1v) is 7.01. The van der Waals surface area contributed by atoms with Crippen molar-refractivity contribution >= 4 is 5.69 Å². The van der Waals surface area contributed by atoms with Gasteiger partial charge in [0.05, 0.1) is 17.9 Å². The Labute approximate surface area is 124 Å². The third-order valence-corrected chi connectivity index (χ3v) is 3.38. The van der Waals surface area contributed by atoms with Crippen LogP contribution >= 0.6 is 0 Å². The van der Waals surface area contributed by atoms with Crippen LogP contribution in [0.3, 0.4) is 0 Å². The van der Waals surface area contributed by atoms with Crippen LogP contribution in [0.15, 0.2) is 54.6 Å². The summed E-state index contributed by atoms with van der Waals surface area (Å²) in [5, 5.41) is 12.4. The van der Waals surface area contributed by atoms with Gasteiger partial charge in [-0.3, -0.25) is 0 Å². The largest absolute Gasteiger partial charge is 0.379 e. The van der Waals surface area contributed by atoms with Crippen molar-refractivity contribution in [3.05, 3.63) is 71.5 Å². The summed E-state index contributed by atoms with van der Waals surface area (Å²) in [5.74, 6) is 0. The van der Waals surface area contributed by atoms with Crippen LogP contribution in [-0.4, -0.2) is 15.0 Å². The standard InChI is InChI=1S/C17H18N4/c1-13-8-10-15(11-9-13)18-12-17-14(2)19-21(20-17)16-6-4-3-5-7-16/h3-11,18H,12H2,1-2H3. The fourth-order valence-corrected chi connectivity index (χ4v) is 2.11. The van der Waals surface area contributed by atoms with Crippen LogP contribution in [0.1, 0.15) is 17.0 Å². The molecule has 1 N–H and O–H groups in total. The molecule has 4 nitrogen and oxygen atoms in total. The van der Waals surface area contributed by atoms with Crippen LogP contribution in [0.4, 0.5) is 5.69 Å². The minimum Gasteiger partial charge on any atom is -0.379 e. The van der Waals surface area contributed by atoms with Crippen LogP contribution in [-0.2, 0) is 6.54 Å². The summed E-state index contributed by atoms with van der Waals surface area (Å²) in [6, 6.07) is 18.3. The molecule has 0 bridgehead atoms. The molecule has 0 radical (unpaired) electrons. The first-order chi connectivity index (χ1) is 10.2. The smallest absolute Gasteiger partial charge is 0.105 e. The lowest BCUT2D eigenvalue weighted by atomic mass is 10.2. The second-order valence-electron chi connectivity index (χ2n) is 5.08. The molecule has 4 heteroatoms. The lowest BCUT2D eigenvalue weighted by Crippen LogP contribution is -2.03. The van der Waals surface area contributed by atoms with Gasteiger partial charge in [-0.25, -0.2) is 0 Å². The van der Waals surface area contributed by atoms with Crippen molar-refractivity contribution in [1.82, 2.24) is 15.0 Å². The Hall–Kier alpha value is -2.62. The van der Waals surface area contributed by atoms with Gasteiger partial charge in [0.25, 0.3) is 0 Å². The van der Waals surface area contributed by atoms with Crippen LogP contribution < -0.4 is 5.32 Å². The van der Waals surface area contributed by atoms with Gasteiger partial charge in [0.1, 0.15) is 5.69 Å². The van der Waals surface area contributed by atoms with Gasteiger partial charge in [-0.2, -0.15) is 15.0 Å². The van der Waals surface area contributed by atoms with E-state index in [4.69, 9.17) is 0 Å². The highest BCUT2D eigenvalue weighted by molar-refractivity contribution is 5.44. The maximum absolute atomic E-state index is 4.56. The summed E-state index contributed by atoms with van der Waals surface area (Å²) in [6.07, 6.45) is 0. The molecule has 3 aromatic rings. The summed E-state index contributed by atoms with van der Waals surface area (Å²) >= 11 is 0. The summed E-state index contributed by atoms with van der Waals surface area (Å²) in [4.78, 5) is 1.68. The van der Waals surface area contributed by atoms with Crippen molar-refractivity contribution in [2.75, 3.05) is 5.32 Å². The number of rotatable bonds is 4. The van der Waals surface area contributed by atoms with Crippen LogP contribution in [0, 0.1) is 13.8 Å². The van der Waals surface area contributed by atoms with E-state index in [1.807, 2.05) is 37.3 Å². The molecule has 0 unspecified atom stereocenters. The predicted molar refractivity (Wildman–Crippen MR) is 84.6 cm³/mol. The minimum absolute atomic E-state index is 0.668. The predicted octanol–water partition coefficient (Wildman–Crippen LogP) is 3.50. The van der Waals surface area contributed by atoms with Crippen LogP contribution in [0.5, 0.6) is 0 Å². The minimum atomic E-state index is 0.668. The molecule has 1 aromatic heterocycles. The van der Waals surface area contributed by atoms with Crippen molar-refractivity contribution in [2.45, 2.75) is 20.4 Å². The Kier molecular flexibility index (Phi) is 3.69. The molecule has 0 fully saturated rings. The van der Waals surface area contributed by atoms with Gasteiger partial charge in [0.2, 0.25) is 0 Å². The number of hydrogen-bond acceptors (Lipinski definition) is 3. The first kappa shape index (κ1) is 13.4. The third-order valence-electron chi connectivity index (χ3n) is 3.38. The van der Waals surface area contributed by atoms with E-state index in [0.717, 1.165) is 22.8 Å². The normalized spacial score (nSPS) is 10.6. The van der Waals surface area contributed by atoms with Gasteiger partial charge in [-0.15, -0.1) is 0 Å². The average molecular weight is 278 g/mol. The molecule has 1 heterocycles. The fraction of sp³-hybridized carbons (Fsp3) is 0.176. The van der Waals surface area contributed by atoms with E-state index in [1.165, 1.54) is 5.56 Å². The van der Waals surface area contributed by atoms with Crippen molar-refractivity contribution in [3.63, 3.8) is 0 Å². The average Bonchev–Trinajstić information content (AvgIpc) is 2.89. The van der Waals surface area contributed by atoms with E-state index < -0.39 is 0 Å². The molecule has 0 aliphatic rings. The zero-order valence-electron chi connectivity index (χ0n) is 12.2. The zero-order valence-corrected chi connectivity index (χ0v) is 12.2. The molecule has 0 saturated heterocycles. The van der Waals surface area contributed by atoms with Gasteiger partial charge in [0.15, 0.2) is 0 Å². The summed E-state index contributed by atoms with van der Waals surface area (Å²) in [6.45, 7) is 4.74. The van der Waals surface area contributed by atoms with E-state index in [-0.39, 0.29) is 0 Å². The molecule has 0 spiro atoms. The quantitative estimate of drug-likeness (QED) is 0.794.